The van der Waals surface area contributed by atoms with Crippen LogP contribution in [0.25, 0.3) is 22.2 Å². The molecule has 7 nitrogen and oxygen atoms in total. The number of carbonyl (C=O) groups is 2. The number of pyridine rings is 1. The van der Waals surface area contributed by atoms with E-state index in [0.29, 0.717) is 44.2 Å². The molecule has 0 bridgehead atoms. The van der Waals surface area contributed by atoms with Crippen molar-refractivity contribution in [2.24, 2.45) is 0 Å². The fourth-order valence-electron chi connectivity index (χ4n) is 3.99. The van der Waals surface area contributed by atoms with Gasteiger partial charge in [0.1, 0.15) is 0 Å². The standard InChI is InChI=1S/C27H21ClN2O5/c1-16-25(20-7-2-3-8-21(20)30-26(16)18-5-4-6-19(28)12-18)27(32)33-14-24(31)29-13-17-9-10-22-23(11-17)35-15-34-22/h2-12H,13-15H2,1H3,(H,29,31). The number of esters is 1. The van der Waals surface area contributed by atoms with Crippen molar-refractivity contribution in [1.82, 2.24) is 10.3 Å². The SMILES string of the molecule is Cc1c(-c2cccc(Cl)c2)nc2ccccc2c1C(=O)OCC(=O)NCc1ccc2c(c1)OCO2. The highest BCUT2D eigenvalue weighted by molar-refractivity contribution is 6.30. The fourth-order valence-corrected chi connectivity index (χ4v) is 4.18. The highest BCUT2D eigenvalue weighted by Gasteiger charge is 2.21. The largest absolute Gasteiger partial charge is 0.454 e. The molecule has 0 spiro atoms. The van der Waals surface area contributed by atoms with Crippen LogP contribution in [0.3, 0.4) is 0 Å². The lowest BCUT2D eigenvalue weighted by Crippen LogP contribution is -2.28. The number of hydrogen-bond donors (Lipinski definition) is 1. The number of ether oxygens (including phenoxy) is 3. The van der Waals surface area contributed by atoms with E-state index in [4.69, 9.17) is 30.8 Å². The maximum atomic E-state index is 13.2. The first-order valence-corrected chi connectivity index (χ1v) is 11.3. The minimum atomic E-state index is -0.595. The zero-order valence-electron chi connectivity index (χ0n) is 18.8. The number of aromatic nitrogens is 1. The lowest BCUT2D eigenvalue weighted by atomic mass is 9.98. The molecular weight excluding hydrogens is 468 g/mol. The summed E-state index contributed by atoms with van der Waals surface area (Å²) in [6, 6.07) is 20.0. The van der Waals surface area contributed by atoms with Crippen molar-refractivity contribution < 1.29 is 23.8 Å². The van der Waals surface area contributed by atoms with Gasteiger partial charge in [0.2, 0.25) is 6.79 Å². The molecule has 35 heavy (non-hydrogen) atoms. The first-order valence-electron chi connectivity index (χ1n) is 11.0. The summed E-state index contributed by atoms with van der Waals surface area (Å²) in [5, 5.41) is 3.98. The highest BCUT2D eigenvalue weighted by Crippen LogP contribution is 2.33. The molecule has 0 radical (unpaired) electrons. The number of benzene rings is 3. The number of rotatable bonds is 6. The summed E-state index contributed by atoms with van der Waals surface area (Å²) in [6.45, 7) is 1.85. The predicted octanol–water partition coefficient (Wildman–Crippen LogP) is 5.07. The van der Waals surface area contributed by atoms with Crippen LogP contribution in [0.5, 0.6) is 11.5 Å². The number of para-hydroxylation sites is 1. The highest BCUT2D eigenvalue weighted by atomic mass is 35.5. The van der Waals surface area contributed by atoms with Crippen LogP contribution in [0.2, 0.25) is 5.02 Å². The number of nitrogens with one attached hydrogen (secondary N) is 1. The summed E-state index contributed by atoms with van der Waals surface area (Å²) in [7, 11) is 0. The van der Waals surface area contributed by atoms with E-state index in [-0.39, 0.29) is 13.3 Å². The van der Waals surface area contributed by atoms with Crippen LogP contribution in [-0.2, 0) is 16.1 Å². The molecule has 0 fully saturated rings. The molecule has 0 atom stereocenters. The smallest absolute Gasteiger partial charge is 0.339 e. The minimum absolute atomic E-state index is 0.184. The molecule has 0 saturated heterocycles. The molecule has 0 saturated carbocycles. The lowest BCUT2D eigenvalue weighted by Gasteiger charge is -2.14. The van der Waals surface area contributed by atoms with Crippen LogP contribution in [0, 0.1) is 6.92 Å². The molecule has 1 amide bonds. The molecule has 4 aromatic rings. The molecule has 5 rings (SSSR count). The van der Waals surface area contributed by atoms with E-state index in [0.717, 1.165) is 11.1 Å². The average Bonchev–Trinajstić information content (AvgIpc) is 3.33. The van der Waals surface area contributed by atoms with Gasteiger partial charge in [0.15, 0.2) is 18.1 Å². The van der Waals surface area contributed by atoms with Gasteiger partial charge >= 0.3 is 5.97 Å². The maximum Gasteiger partial charge on any atom is 0.339 e. The van der Waals surface area contributed by atoms with E-state index in [9.17, 15) is 9.59 Å². The Morgan fingerprint density at radius 3 is 2.71 bits per heavy atom. The minimum Gasteiger partial charge on any atom is -0.454 e. The third-order valence-electron chi connectivity index (χ3n) is 5.70. The molecule has 0 aliphatic carbocycles. The van der Waals surface area contributed by atoms with E-state index in [1.54, 1.807) is 24.3 Å². The van der Waals surface area contributed by atoms with Gasteiger partial charge in [-0.3, -0.25) is 4.79 Å². The molecule has 3 aromatic carbocycles. The van der Waals surface area contributed by atoms with E-state index >= 15 is 0 Å². The number of hydrogen-bond acceptors (Lipinski definition) is 6. The lowest BCUT2D eigenvalue weighted by molar-refractivity contribution is -0.124. The zero-order chi connectivity index (χ0) is 24.4. The molecule has 1 aromatic heterocycles. The van der Waals surface area contributed by atoms with Crippen LogP contribution in [0.4, 0.5) is 0 Å². The Morgan fingerprint density at radius 1 is 1.03 bits per heavy atom. The van der Waals surface area contributed by atoms with Gasteiger partial charge in [-0.1, -0.05) is 48.0 Å². The molecule has 2 heterocycles. The Kier molecular flexibility index (Phi) is 6.25. The fraction of sp³-hybridized carbons (Fsp3) is 0.148. The molecule has 176 valence electrons. The Hall–Kier alpha value is -4.10. The second-order valence-corrected chi connectivity index (χ2v) is 8.46. The summed E-state index contributed by atoms with van der Waals surface area (Å²) >= 11 is 6.18. The summed E-state index contributed by atoms with van der Waals surface area (Å²) in [6.07, 6.45) is 0. The third kappa shape index (κ3) is 4.76. The average molecular weight is 489 g/mol. The van der Waals surface area contributed by atoms with Gasteiger partial charge in [0.25, 0.3) is 5.91 Å². The Morgan fingerprint density at radius 2 is 1.86 bits per heavy atom. The first-order chi connectivity index (χ1) is 17.0. The Balaban J connectivity index is 1.32. The summed E-state index contributed by atoms with van der Waals surface area (Å²) in [5.41, 5.74) is 3.93. The molecule has 0 unspecified atom stereocenters. The number of halogens is 1. The Labute approximate surface area is 206 Å². The van der Waals surface area contributed by atoms with E-state index in [2.05, 4.69) is 5.32 Å². The van der Waals surface area contributed by atoms with Gasteiger partial charge in [-0.2, -0.15) is 0 Å². The van der Waals surface area contributed by atoms with Crippen molar-refractivity contribution in [3.63, 3.8) is 0 Å². The number of carbonyl (C=O) groups excluding carboxylic acids is 2. The molecule has 1 aliphatic heterocycles. The van der Waals surface area contributed by atoms with Gasteiger partial charge in [-0.25, -0.2) is 9.78 Å². The quantitative estimate of drug-likeness (QED) is 0.381. The van der Waals surface area contributed by atoms with Crippen molar-refractivity contribution in [3.05, 3.63) is 88.4 Å². The molecule has 1 aliphatic rings. The van der Waals surface area contributed by atoms with Crippen molar-refractivity contribution in [1.29, 1.82) is 0 Å². The van der Waals surface area contributed by atoms with Crippen molar-refractivity contribution >= 4 is 34.4 Å². The van der Waals surface area contributed by atoms with Gasteiger partial charge in [0, 0.05) is 22.5 Å². The maximum absolute atomic E-state index is 13.2. The van der Waals surface area contributed by atoms with E-state index in [1.165, 1.54) is 0 Å². The van der Waals surface area contributed by atoms with Crippen LogP contribution < -0.4 is 14.8 Å². The number of amides is 1. The van der Waals surface area contributed by atoms with Crippen LogP contribution in [-0.4, -0.2) is 30.3 Å². The Bertz CT molecular complexity index is 1450. The topological polar surface area (TPSA) is 86.8 Å². The molecule has 8 heteroatoms. The van der Waals surface area contributed by atoms with Crippen LogP contribution in [0.15, 0.2) is 66.7 Å². The van der Waals surface area contributed by atoms with Gasteiger partial charge in [-0.15, -0.1) is 0 Å². The van der Waals surface area contributed by atoms with Crippen molar-refractivity contribution in [2.75, 3.05) is 13.4 Å². The summed E-state index contributed by atoms with van der Waals surface area (Å²) in [4.78, 5) is 30.3. The normalized spacial score (nSPS) is 11.9. The van der Waals surface area contributed by atoms with Crippen LogP contribution >= 0.6 is 11.6 Å². The monoisotopic (exact) mass is 488 g/mol. The van der Waals surface area contributed by atoms with Gasteiger partial charge in [-0.05, 0) is 48.4 Å². The van der Waals surface area contributed by atoms with Crippen LogP contribution in [0.1, 0.15) is 21.5 Å². The van der Waals surface area contributed by atoms with Crippen molar-refractivity contribution in [3.8, 4) is 22.8 Å². The zero-order valence-corrected chi connectivity index (χ0v) is 19.6. The number of nitrogens with zero attached hydrogens (tertiary/aromatic N) is 1. The van der Waals surface area contributed by atoms with E-state index in [1.807, 2.05) is 49.4 Å². The van der Waals surface area contributed by atoms with E-state index < -0.39 is 18.5 Å². The van der Waals surface area contributed by atoms with Crippen molar-refractivity contribution in [2.45, 2.75) is 13.5 Å². The number of fused-ring (bicyclic) bond motifs is 2. The summed E-state index contributed by atoms with van der Waals surface area (Å²) in [5.74, 6) is 0.300. The summed E-state index contributed by atoms with van der Waals surface area (Å²) < 4.78 is 16.0. The second kappa shape index (κ2) is 9.64. The molecular formula is C27H21ClN2O5. The third-order valence-corrected chi connectivity index (χ3v) is 5.93. The van der Waals surface area contributed by atoms with Gasteiger partial charge < -0.3 is 19.5 Å². The van der Waals surface area contributed by atoms with Gasteiger partial charge in [0.05, 0.1) is 16.8 Å². The predicted molar refractivity (Wildman–Crippen MR) is 132 cm³/mol. The second-order valence-electron chi connectivity index (χ2n) is 8.03. The first kappa shape index (κ1) is 22.7. The molecule has 1 N–H and O–H groups in total.